The molecule has 1 N–H and O–H groups in total. The Hall–Kier alpha value is -2.53. The van der Waals surface area contributed by atoms with Crippen LogP contribution in [-0.4, -0.2) is 10.9 Å². The average molecular weight is 418 g/mol. The Morgan fingerprint density at radius 3 is 2.41 bits per heavy atom. The third kappa shape index (κ3) is 3.78. The number of hydrogen-bond acceptors (Lipinski definition) is 3. The molecule has 0 unspecified atom stereocenters. The van der Waals surface area contributed by atoms with E-state index in [-0.39, 0.29) is 5.91 Å². The Kier molecular flexibility index (Phi) is 4.79. The lowest BCUT2D eigenvalue weighted by molar-refractivity contribution is 0.102. The van der Waals surface area contributed by atoms with E-state index in [1.165, 1.54) is 0 Å². The number of carbonyl (C=O) groups is 1. The van der Waals surface area contributed by atoms with Crippen molar-refractivity contribution in [2.45, 2.75) is 0 Å². The highest BCUT2D eigenvalue weighted by atomic mass is 35.5. The molecule has 0 aliphatic heterocycles. The van der Waals surface area contributed by atoms with E-state index < -0.39 is 0 Å². The van der Waals surface area contributed by atoms with Crippen molar-refractivity contribution in [3.05, 3.63) is 81.3 Å². The van der Waals surface area contributed by atoms with Gasteiger partial charge >= 0.3 is 0 Å². The van der Waals surface area contributed by atoms with Crippen LogP contribution < -0.4 is 5.32 Å². The molecule has 4 rings (SSSR count). The summed E-state index contributed by atoms with van der Waals surface area (Å²) in [4.78, 5) is 16.8. The van der Waals surface area contributed by atoms with Crippen LogP contribution in [0.2, 0.25) is 15.1 Å². The van der Waals surface area contributed by atoms with Crippen molar-refractivity contribution in [2.75, 3.05) is 5.32 Å². The largest absolute Gasteiger partial charge is 0.436 e. The lowest BCUT2D eigenvalue weighted by atomic mass is 10.2. The number of amides is 1. The van der Waals surface area contributed by atoms with Crippen LogP contribution in [-0.2, 0) is 0 Å². The van der Waals surface area contributed by atoms with Gasteiger partial charge in [-0.1, -0.05) is 34.8 Å². The van der Waals surface area contributed by atoms with Gasteiger partial charge in [-0.25, -0.2) is 4.98 Å². The first kappa shape index (κ1) is 17.9. The van der Waals surface area contributed by atoms with Crippen LogP contribution in [0.5, 0.6) is 0 Å². The molecule has 0 saturated heterocycles. The highest BCUT2D eigenvalue weighted by molar-refractivity contribution is 6.42. The van der Waals surface area contributed by atoms with Crippen LogP contribution in [0.4, 0.5) is 5.69 Å². The van der Waals surface area contributed by atoms with E-state index >= 15 is 0 Å². The predicted octanol–water partition coefficient (Wildman–Crippen LogP) is 6.71. The molecule has 1 amide bonds. The topological polar surface area (TPSA) is 55.1 Å². The second-order valence-electron chi connectivity index (χ2n) is 5.79. The van der Waals surface area contributed by atoms with Gasteiger partial charge in [0, 0.05) is 21.8 Å². The molecular formula is C20H11Cl3N2O2. The van der Waals surface area contributed by atoms with Gasteiger partial charge in [-0.3, -0.25) is 4.79 Å². The third-order valence-electron chi connectivity index (χ3n) is 3.92. The highest BCUT2D eigenvalue weighted by Crippen LogP contribution is 2.31. The van der Waals surface area contributed by atoms with Gasteiger partial charge in [-0.2, -0.15) is 0 Å². The third-order valence-corrected chi connectivity index (χ3v) is 4.91. The van der Waals surface area contributed by atoms with Crippen LogP contribution in [0.15, 0.2) is 65.1 Å². The van der Waals surface area contributed by atoms with Crippen molar-refractivity contribution in [2.24, 2.45) is 0 Å². The van der Waals surface area contributed by atoms with Crippen molar-refractivity contribution in [1.29, 1.82) is 0 Å². The van der Waals surface area contributed by atoms with Crippen LogP contribution >= 0.6 is 34.8 Å². The van der Waals surface area contributed by atoms with Crippen LogP contribution in [0.1, 0.15) is 10.4 Å². The number of carbonyl (C=O) groups excluding carboxylic acids is 1. The second kappa shape index (κ2) is 7.24. The summed E-state index contributed by atoms with van der Waals surface area (Å²) >= 11 is 17.8. The zero-order chi connectivity index (χ0) is 19.0. The maximum Gasteiger partial charge on any atom is 0.255 e. The molecule has 4 aromatic rings. The molecule has 7 heteroatoms. The van der Waals surface area contributed by atoms with Gasteiger partial charge in [-0.05, 0) is 60.7 Å². The first-order valence-corrected chi connectivity index (χ1v) is 9.06. The minimum atomic E-state index is -0.237. The molecule has 134 valence electrons. The summed E-state index contributed by atoms with van der Waals surface area (Å²) in [6, 6.07) is 17.1. The Bertz CT molecular complexity index is 1150. The smallest absolute Gasteiger partial charge is 0.255 e. The molecule has 3 aromatic carbocycles. The normalized spacial score (nSPS) is 10.9. The van der Waals surface area contributed by atoms with Crippen LogP contribution in [0.3, 0.4) is 0 Å². The number of oxazole rings is 1. The summed E-state index contributed by atoms with van der Waals surface area (Å²) in [5.41, 5.74) is 3.05. The average Bonchev–Trinajstić information content (AvgIpc) is 3.08. The number of nitrogens with zero attached hydrogens (tertiary/aromatic N) is 1. The zero-order valence-electron chi connectivity index (χ0n) is 13.7. The predicted molar refractivity (Wildman–Crippen MR) is 109 cm³/mol. The Morgan fingerprint density at radius 1 is 0.889 bits per heavy atom. The molecule has 0 bridgehead atoms. The molecule has 0 radical (unpaired) electrons. The standard InChI is InChI=1S/C20H11Cl3N2O2/c21-13-4-1-11(2-5-13)19(26)24-14-6-8-18-17(10-14)25-20(27-18)12-3-7-15(22)16(23)9-12/h1-10H,(H,24,26). The van der Waals surface area contributed by atoms with Crippen molar-refractivity contribution in [1.82, 2.24) is 4.98 Å². The van der Waals surface area contributed by atoms with E-state index in [0.29, 0.717) is 48.9 Å². The summed E-state index contributed by atoms with van der Waals surface area (Å²) < 4.78 is 5.77. The minimum absolute atomic E-state index is 0.237. The van der Waals surface area contributed by atoms with E-state index in [4.69, 9.17) is 39.2 Å². The maximum atomic E-state index is 12.3. The summed E-state index contributed by atoms with van der Waals surface area (Å²) in [7, 11) is 0. The van der Waals surface area contributed by atoms with Crippen molar-refractivity contribution in [3.8, 4) is 11.5 Å². The van der Waals surface area contributed by atoms with E-state index in [1.807, 2.05) is 0 Å². The molecule has 27 heavy (non-hydrogen) atoms. The fourth-order valence-corrected chi connectivity index (χ4v) is 2.99. The first-order valence-electron chi connectivity index (χ1n) is 7.92. The number of fused-ring (bicyclic) bond motifs is 1. The van der Waals surface area contributed by atoms with E-state index in [2.05, 4.69) is 10.3 Å². The molecule has 4 nitrogen and oxygen atoms in total. The van der Waals surface area contributed by atoms with Crippen LogP contribution in [0.25, 0.3) is 22.6 Å². The van der Waals surface area contributed by atoms with E-state index in [1.54, 1.807) is 60.7 Å². The molecule has 0 saturated carbocycles. The molecule has 0 spiro atoms. The summed E-state index contributed by atoms with van der Waals surface area (Å²) in [6.07, 6.45) is 0. The molecule has 1 aromatic heterocycles. The number of rotatable bonds is 3. The first-order chi connectivity index (χ1) is 13.0. The maximum absolute atomic E-state index is 12.3. The number of aromatic nitrogens is 1. The van der Waals surface area contributed by atoms with Gasteiger partial charge in [0.1, 0.15) is 5.52 Å². The minimum Gasteiger partial charge on any atom is -0.436 e. The van der Waals surface area contributed by atoms with Crippen molar-refractivity contribution < 1.29 is 9.21 Å². The Morgan fingerprint density at radius 2 is 1.67 bits per heavy atom. The summed E-state index contributed by atoms with van der Waals surface area (Å²) in [5, 5.41) is 4.29. The summed E-state index contributed by atoms with van der Waals surface area (Å²) in [6.45, 7) is 0. The Labute approximate surface area is 169 Å². The van der Waals surface area contributed by atoms with Gasteiger partial charge in [0.25, 0.3) is 5.91 Å². The van der Waals surface area contributed by atoms with E-state index in [9.17, 15) is 4.79 Å². The number of anilines is 1. The fraction of sp³-hybridized carbons (Fsp3) is 0. The lowest BCUT2D eigenvalue weighted by Gasteiger charge is -2.05. The lowest BCUT2D eigenvalue weighted by Crippen LogP contribution is -2.11. The van der Waals surface area contributed by atoms with Crippen molar-refractivity contribution in [3.63, 3.8) is 0 Å². The van der Waals surface area contributed by atoms with Gasteiger partial charge in [0.15, 0.2) is 5.58 Å². The molecule has 0 atom stereocenters. The number of halogens is 3. The Balaban J connectivity index is 1.61. The molecule has 0 fully saturated rings. The van der Waals surface area contributed by atoms with Gasteiger partial charge in [-0.15, -0.1) is 0 Å². The van der Waals surface area contributed by atoms with E-state index in [0.717, 1.165) is 0 Å². The highest BCUT2D eigenvalue weighted by Gasteiger charge is 2.12. The SMILES string of the molecule is O=C(Nc1ccc2oc(-c3ccc(Cl)c(Cl)c3)nc2c1)c1ccc(Cl)cc1. The molecule has 0 aliphatic carbocycles. The fourth-order valence-electron chi connectivity index (χ4n) is 2.56. The molecule has 1 heterocycles. The second-order valence-corrected chi connectivity index (χ2v) is 7.04. The monoisotopic (exact) mass is 416 g/mol. The number of benzene rings is 3. The number of nitrogens with one attached hydrogen (secondary N) is 1. The van der Waals surface area contributed by atoms with Gasteiger partial charge < -0.3 is 9.73 Å². The summed E-state index contributed by atoms with van der Waals surface area (Å²) in [5.74, 6) is 0.184. The molecular weight excluding hydrogens is 407 g/mol. The van der Waals surface area contributed by atoms with Gasteiger partial charge in [0.05, 0.1) is 10.0 Å². The van der Waals surface area contributed by atoms with Crippen LogP contribution in [0, 0.1) is 0 Å². The number of hydrogen-bond donors (Lipinski definition) is 1. The van der Waals surface area contributed by atoms with Gasteiger partial charge in [0.2, 0.25) is 5.89 Å². The zero-order valence-corrected chi connectivity index (χ0v) is 15.9. The molecule has 0 aliphatic rings. The quantitative estimate of drug-likeness (QED) is 0.403. The van der Waals surface area contributed by atoms with Crippen molar-refractivity contribution >= 4 is 57.5 Å².